The van der Waals surface area contributed by atoms with Gasteiger partial charge in [0, 0.05) is 20.6 Å². The summed E-state index contributed by atoms with van der Waals surface area (Å²) in [7, 11) is 3.33. The van der Waals surface area contributed by atoms with Crippen LogP contribution in [0.4, 0.5) is 0 Å². The summed E-state index contributed by atoms with van der Waals surface area (Å²) >= 11 is 0. The van der Waals surface area contributed by atoms with Crippen molar-refractivity contribution in [2.45, 2.75) is 43.9 Å². The Kier molecular flexibility index (Phi) is 4.27. The Labute approximate surface area is 117 Å². The number of hydrogen-bond donors (Lipinski definition) is 1. The van der Waals surface area contributed by atoms with Crippen LogP contribution in [0.25, 0.3) is 0 Å². The maximum Gasteiger partial charge on any atom is 0.332 e. The second-order valence-corrected chi connectivity index (χ2v) is 5.45. The number of ether oxygens (including phenoxy) is 1. The van der Waals surface area contributed by atoms with Crippen molar-refractivity contribution in [3.63, 3.8) is 0 Å². The number of carbonyl (C=O) groups excluding carboxylic acids is 2. The Balaban J connectivity index is 2.02. The Morgan fingerprint density at radius 3 is 2.35 bits per heavy atom. The molecule has 2 heterocycles. The van der Waals surface area contributed by atoms with Crippen LogP contribution in [0.2, 0.25) is 0 Å². The molecule has 0 aromatic rings. The molecular weight excluding hydrogens is 264 g/mol. The molecule has 0 bridgehead atoms. The molecule has 0 radical (unpaired) electrons. The molecule has 1 unspecified atom stereocenters. The van der Waals surface area contributed by atoms with E-state index in [9.17, 15) is 14.4 Å². The molecule has 2 saturated heterocycles. The third-order valence-corrected chi connectivity index (χ3v) is 3.83. The number of rotatable bonds is 3. The zero-order chi connectivity index (χ0) is 14.9. The minimum absolute atomic E-state index is 0.0939. The minimum atomic E-state index is -1.04. The first-order chi connectivity index (χ1) is 9.41. The Bertz CT molecular complexity index is 423. The number of amides is 2. The predicted octanol–water partition coefficient (Wildman–Crippen LogP) is -0.302. The third kappa shape index (κ3) is 2.77. The van der Waals surface area contributed by atoms with Gasteiger partial charge in [-0.1, -0.05) is 0 Å². The van der Waals surface area contributed by atoms with Crippen LogP contribution in [0, 0.1) is 0 Å². The van der Waals surface area contributed by atoms with Gasteiger partial charge in [0.1, 0.15) is 12.1 Å². The molecule has 2 aliphatic rings. The smallest absolute Gasteiger partial charge is 0.332 e. The fourth-order valence-corrected chi connectivity index (χ4v) is 2.77. The molecule has 3 atom stereocenters. The van der Waals surface area contributed by atoms with Crippen LogP contribution in [0.15, 0.2) is 0 Å². The number of carboxylic acids is 1. The summed E-state index contributed by atoms with van der Waals surface area (Å²) in [5.41, 5.74) is 0. The Morgan fingerprint density at radius 1 is 1.15 bits per heavy atom. The van der Waals surface area contributed by atoms with Gasteiger partial charge >= 0.3 is 5.97 Å². The highest BCUT2D eigenvalue weighted by Gasteiger charge is 2.42. The highest BCUT2D eigenvalue weighted by atomic mass is 16.5. The summed E-state index contributed by atoms with van der Waals surface area (Å²) in [6.45, 7) is 0.528. The van der Waals surface area contributed by atoms with Gasteiger partial charge in [0.05, 0.1) is 0 Å². The topological polar surface area (TPSA) is 87.2 Å². The molecule has 0 aliphatic carbocycles. The molecule has 2 rings (SSSR count). The number of carbonyl (C=O) groups is 3. The van der Waals surface area contributed by atoms with Gasteiger partial charge in [-0.3, -0.25) is 9.59 Å². The molecule has 2 aliphatic heterocycles. The van der Waals surface area contributed by atoms with Crippen molar-refractivity contribution in [1.29, 1.82) is 0 Å². The maximum atomic E-state index is 12.4. The summed E-state index contributed by atoms with van der Waals surface area (Å²) in [6.07, 6.45) is 0.533. The van der Waals surface area contributed by atoms with E-state index in [1.165, 1.54) is 9.80 Å². The van der Waals surface area contributed by atoms with Crippen LogP contribution in [-0.4, -0.2) is 71.6 Å². The first-order valence-corrected chi connectivity index (χ1v) is 6.81. The van der Waals surface area contributed by atoms with Crippen molar-refractivity contribution in [1.82, 2.24) is 9.80 Å². The highest BCUT2D eigenvalue weighted by Crippen LogP contribution is 2.26. The molecule has 112 valence electrons. The molecule has 0 spiro atoms. The van der Waals surface area contributed by atoms with E-state index in [0.29, 0.717) is 25.8 Å². The average Bonchev–Trinajstić information content (AvgIpc) is 3.05. The van der Waals surface area contributed by atoms with Crippen molar-refractivity contribution in [2.75, 3.05) is 20.6 Å². The SMILES string of the molecule is CN(C)C(=O)C1CCCN1C(=O)[C@@H]1CC[C@H](C(=O)O)O1. The van der Waals surface area contributed by atoms with Crippen LogP contribution in [-0.2, 0) is 19.1 Å². The summed E-state index contributed by atoms with van der Waals surface area (Å²) in [6, 6.07) is -0.440. The maximum absolute atomic E-state index is 12.4. The Hall–Kier alpha value is -1.63. The number of carboxylic acid groups (broad SMARTS) is 1. The zero-order valence-corrected chi connectivity index (χ0v) is 11.7. The van der Waals surface area contributed by atoms with Crippen LogP contribution >= 0.6 is 0 Å². The van der Waals surface area contributed by atoms with Gasteiger partial charge in [-0.2, -0.15) is 0 Å². The molecule has 20 heavy (non-hydrogen) atoms. The summed E-state index contributed by atoms with van der Waals surface area (Å²) in [4.78, 5) is 38.3. The minimum Gasteiger partial charge on any atom is -0.479 e. The average molecular weight is 284 g/mol. The van der Waals surface area contributed by atoms with Crippen molar-refractivity contribution in [3.8, 4) is 0 Å². The largest absolute Gasteiger partial charge is 0.479 e. The van der Waals surface area contributed by atoms with E-state index >= 15 is 0 Å². The predicted molar refractivity (Wildman–Crippen MR) is 69.0 cm³/mol. The fourth-order valence-electron chi connectivity index (χ4n) is 2.77. The first-order valence-electron chi connectivity index (χ1n) is 6.81. The lowest BCUT2D eigenvalue weighted by molar-refractivity contribution is -0.157. The lowest BCUT2D eigenvalue weighted by Gasteiger charge is -2.28. The number of hydrogen-bond acceptors (Lipinski definition) is 4. The van der Waals surface area contributed by atoms with Gasteiger partial charge in [0.25, 0.3) is 5.91 Å². The monoisotopic (exact) mass is 284 g/mol. The molecule has 2 fully saturated rings. The second kappa shape index (κ2) is 5.78. The van der Waals surface area contributed by atoms with Gasteiger partial charge in [-0.05, 0) is 25.7 Å². The molecule has 0 aromatic heterocycles. The number of aliphatic carboxylic acids is 1. The van der Waals surface area contributed by atoms with Crippen molar-refractivity contribution in [3.05, 3.63) is 0 Å². The number of likely N-dealkylation sites (tertiary alicyclic amines) is 1. The molecule has 2 amide bonds. The lowest BCUT2D eigenvalue weighted by atomic mass is 10.1. The molecule has 0 saturated carbocycles. The number of likely N-dealkylation sites (N-methyl/N-ethyl adjacent to an activating group) is 1. The van der Waals surface area contributed by atoms with Crippen molar-refractivity contribution >= 4 is 17.8 Å². The van der Waals surface area contributed by atoms with E-state index in [2.05, 4.69) is 0 Å². The van der Waals surface area contributed by atoms with Crippen molar-refractivity contribution in [2.24, 2.45) is 0 Å². The van der Waals surface area contributed by atoms with Gasteiger partial charge in [0.15, 0.2) is 6.10 Å². The molecule has 1 N–H and O–H groups in total. The summed E-state index contributed by atoms with van der Waals surface area (Å²) in [5.74, 6) is -1.39. The van der Waals surface area contributed by atoms with E-state index in [-0.39, 0.29) is 11.8 Å². The van der Waals surface area contributed by atoms with E-state index in [0.717, 1.165) is 6.42 Å². The molecule has 7 nitrogen and oxygen atoms in total. The molecular formula is C13H20N2O5. The molecule has 7 heteroatoms. The fraction of sp³-hybridized carbons (Fsp3) is 0.769. The van der Waals surface area contributed by atoms with Crippen LogP contribution in [0.3, 0.4) is 0 Å². The number of nitrogens with zero attached hydrogens (tertiary/aromatic N) is 2. The van der Waals surface area contributed by atoms with Crippen molar-refractivity contribution < 1.29 is 24.2 Å². The summed E-state index contributed by atoms with van der Waals surface area (Å²) < 4.78 is 5.27. The van der Waals surface area contributed by atoms with Crippen LogP contribution < -0.4 is 0 Å². The van der Waals surface area contributed by atoms with E-state index in [1.54, 1.807) is 14.1 Å². The normalized spacial score (nSPS) is 29.5. The zero-order valence-electron chi connectivity index (χ0n) is 11.7. The van der Waals surface area contributed by atoms with E-state index in [4.69, 9.17) is 9.84 Å². The van der Waals surface area contributed by atoms with Gasteiger partial charge in [-0.15, -0.1) is 0 Å². The van der Waals surface area contributed by atoms with E-state index < -0.39 is 24.2 Å². The second-order valence-electron chi connectivity index (χ2n) is 5.45. The van der Waals surface area contributed by atoms with Gasteiger partial charge in [0.2, 0.25) is 5.91 Å². The molecule has 0 aromatic carbocycles. The van der Waals surface area contributed by atoms with Crippen LogP contribution in [0.5, 0.6) is 0 Å². The quantitative estimate of drug-likeness (QED) is 0.768. The van der Waals surface area contributed by atoms with Gasteiger partial charge in [-0.25, -0.2) is 4.79 Å². The third-order valence-electron chi connectivity index (χ3n) is 3.83. The summed E-state index contributed by atoms with van der Waals surface area (Å²) in [5, 5.41) is 8.88. The first kappa shape index (κ1) is 14.8. The standard InChI is InChI=1S/C13H20N2O5/c1-14(2)11(16)8-4-3-7-15(8)12(17)9-5-6-10(20-9)13(18)19/h8-10H,3-7H2,1-2H3,(H,18,19)/t8?,9-,10+/m0/s1. The Morgan fingerprint density at radius 2 is 1.80 bits per heavy atom. The van der Waals surface area contributed by atoms with Crippen LogP contribution in [0.1, 0.15) is 25.7 Å². The highest BCUT2D eigenvalue weighted by molar-refractivity contribution is 5.90. The van der Waals surface area contributed by atoms with E-state index in [1.807, 2.05) is 0 Å². The van der Waals surface area contributed by atoms with Gasteiger partial charge < -0.3 is 19.6 Å². The lowest BCUT2D eigenvalue weighted by Crippen LogP contribution is -2.48.